The number of amides is 1. The van der Waals surface area contributed by atoms with Crippen molar-refractivity contribution in [2.75, 3.05) is 17.7 Å². The van der Waals surface area contributed by atoms with E-state index in [0.717, 1.165) is 22.7 Å². The minimum absolute atomic E-state index is 0.180. The first-order chi connectivity index (χ1) is 15.1. The number of nitrogens with zero attached hydrogens (tertiary/aromatic N) is 2. The SMILES string of the molecule is COc1ccc(NC(=O)c2ccc(Nc3cc(-c4ccc(C)cc4)ncn3)cc2)cc1. The summed E-state index contributed by atoms with van der Waals surface area (Å²) in [4.78, 5) is 21.1. The van der Waals surface area contributed by atoms with Crippen molar-refractivity contribution in [1.29, 1.82) is 0 Å². The second-order valence-electron chi connectivity index (χ2n) is 7.04. The van der Waals surface area contributed by atoms with Crippen LogP contribution in [-0.2, 0) is 0 Å². The first-order valence-electron chi connectivity index (χ1n) is 9.82. The second kappa shape index (κ2) is 9.09. The Balaban J connectivity index is 1.43. The molecule has 0 aliphatic rings. The molecular formula is C25H22N4O2. The molecule has 2 N–H and O–H groups in total. The number of aryl methyl sites for hydroxylation is 1. The zero-order valence-electron chi connectivity index (χ0n) is 17.3. The Kier molecular flexibility index (Phi) is 5.89. The first-order valence-corrected chi connectivity index (χ1v) is 9.82. The zero-order valence-corrected chi connectivity index (χ0v) is 17.3. The standard InChI is InChI=1S/C25H22N4O2/c1-17-3-5-18(6-4-17)23-15-24(27-16-26-23)28-20-9-7-19(8-10-20)25(30)29-21-11-13-22(31-2)14-12-21/h3-16H,1-2H3,(H,29,30)(H,26,27,28). The number of hydrogen-bond acceptors (Lipinski definition) is 5. The maximum Gasteiger partial charge on any atom is 0.255 e. The summed E-state index contributed by atoms with van der Waals surface area (Å²) >= 11 is 0. The van der Waals surface area contributed by atoms with Gasteiger partial charge in [-0.25, -0.2) is 9.97 Å². The topological polar surface area (TPSA) is 76.1 Å². The smallest absolute Gasteiger partial charge is 0.255 e. The fourth-order valence-corrected chi connectivity index (χ4v) is 3.04. The Morgan fingerprint density at radius 2 is 1.52 bits per heavy atom. The van der Waals surface area contributed by atoms with Crippen LogP contribution >= 0.6 is 0 Å². The molecule has 0 radical (unpaired) electrons. The lowest BCUT2D eigenvalue weighted by molar-refractivity contribution is 0.102. The minimum Gasteiger partial charge on any atom is -0.497 e. The predicted octanol–water partition coefficient (Wildman–Crippen LogP) is 5.46. The second-order valence-corrected chi connectivity index (χ2v) is 7.04. The summed E-state index contributed by atoms with van der Waals surface area (Å²) in [5.41, 5.74) is 5.17. The van der Waals surface area contributed by atoms with E-state index < -0.39 is 0 Å². The van der Waals surface area contributed by atoms with Crippen LogP contribution in [-0.4, -0.2) is 23.0 Å². The third-order valence-electron chi connectivity index (χ3n) is 4.78. The number of carbonyl (C=O) groups is 1. The van der Waals surface area contributed by atoms with Gasteiger partial charge in [0, 0.05) is 28.6 Å². The number of anilines is 3. The largest absolute Gasteiger partial charge is 0.497 e. The molecule has 4 aromatic rings. The highest BCUT2D eigenvalue weighted by molar-refractivity contribution is 6.04. The number of hydrogen-bond donors (Lipinski definition) is 2. The van der Waals surface area contributed by atoms with E-state index in [1.165, 1.54) is 11.9 Å². The summed E-state index contributed by atoms with van der Waals surface area (Å²) < 4.78 is 5.13. The normalized spacial score (nSPS) is 10.4. The Bertz CT molecular complexity index is 1170. The van der Waals surface area contributed by atoms with Crippen molar-refractivity contribution in [3.8, 4) is 17.0 Å². The van der Waals surface area contributed by atoms with Crippen LogP contribution in [0.4, 0.5) is 17.2 Å². The Morgan fingerprint density at radius 3 is 2.19 bits per heavy atom. The van der Waals surface area contributed by atoms with Crippen LogP contribution in [0.25, 0.3) is 11.3 Å². The van der Waals surface area contributed by atoms with E-state index >= 15 is 0 Å². The molecule has 0 unspecified atom stereocenters. The van der Waals surface area contributed by atoms with Gasteiger partial charge in [-0.3, -0.25) is 4.79 Å². The Hall–Kier alpha value is -4.19. The van der Waals surface area contributed by atoms with E-state index in [1.807, 2.05) is 30.3 Å². The maximum atomic E-state index is 12.5. The Labute approximate surface area is 181 Å². The highest BCUT2D eigenvalue weighted by atomic mass is 16.5. The molecule has 154 valence electrons. The molecule has 0 aliphatic heterocycles. The molecule has 1 heterocycles. The van der Waals surface area contributed by atoms with E-state index in [4.69, 9.17) is 4.74 Å². The van der Waals surface area contributed by atoms with Gasteiger partial charge >= 0.3 is 0 Å². The van der Waals surface area contributed by atoms with Gasteiger partial charge in [-0.15, -0.1) is 0 Å². The number of rotatable bonds is 6. The van der Waals surface area contributed by atoms with Crippen LogP contribution in [0, 0.1) is 6.92 Å². The van der Waals surface area contributed by atoms with Crippen molar-refractivity contribution in [2.24, 2.45) is 0 Å². The Morgan fingerprint density at radius 1 is 0.839 bits per heavy atom. The molecule has 1 aromatic heterocycles. The lowest BCUT2D eigenvalue weighted by Gasteiger charge is -2.09. The minimum atomic E-state index is -0.180. The molecule has 0 saturated heterocycles. The highest BCUT2D eigenvalue weighted by Crippen LogP contribution is 2.22. The van der Waals surface area contributed by atoms with E-state index in [0.29, 0.717) is 17.1 Å². The molecular weight excluding hydrogens is 388 g/mol. The maximum absolute atomic E-state index is 12.5. The molecule has 0 aliphatic carbocycles. The van der Waals surface area contributed by atoms with Gasteiger partial charge in [-0.2, -0.15) is 0 Å². The van der Waals surface area contributed by atoms with Crippen LogP contribution in [0.3, 0.4) is 0 Å². The molecule has 0 spiro atoms. The van der Waals surface area contributed by atoms with Crippen molar-refractivity contribution < 1.29 is 9.53 Å². The average Bonchev–Trinajstić information content (AvgIpc) is 2.81. The quantitative estimate of drug-likeness (QED) is 0.442. The number of benzene rings is 3. The molecule has 0 bridgehead atoms. The molecule has 31 heavy (non-hydrogen) atoms. The molecule has 0 fully saturated rings. The molecule has 1 amide bonds. The van der Waals surface area contributed by atoms with Crippen LogP contribution in [0.1, 0.15) is 15.9 Å². The third-order valence-corrected chi connectivity index (χ3v) is 4.78. The monoisotopic (exact) mass is 410 g/mol. The summed E-state index contributed by atoms with van der Waals surface area (Å²) in [5, 5.41) is 6.13. The summed E-state index contributed by atoms with van der Waals surface area (Å²) in [6, 6.07) is 24.5. The van der Waals surface area contributed by atoms with Crippen molar-refractivity contribution in [3.63, 3.8) is 0 Å². The van der Waals surface area contributed by atoms with Gasteiger partial charge in [0.2, 0.25) is 0 Å². The van der Waals surface area contributed by atoms with Crippen molar-refractivity contribution >= 4 is 23.1 Å². The van der Waals surface area contributed by atoms with Crippen LogP contribution in [0.2, 0.25) is 0 Å². The summed E-state index contributed by atoms with van der Waals surface area (Å²) in [6.45, 7) is 2.05. The number of ether oxygens (including phenoxy) is 1. The molecule has 6 nitrogen and oxygen atoms in total. The average molecular weight is 410 g/mol. The van der Waals surface area contributed by atoms with Gasteiger partial charge in [-0.1, -0.05) is 29.8 Å². The molecule has 0 saturated carbocycles. The summed E-state index contributed by atoms with van der Waals surface area (Å²) in [5.74, 6) is 1.24. The van der Waals surface area contributed by atoms with Gasteiger partial charge in [0.1, 0.15) is 17.9 Å². The number of nitrogens with one attached hydrogen (secondary N) is 2. The molecule has 4 rings (SSSR count). The lowest BCUT2D eigenvalue weighted by Crippen LogP contribution is -2.11. The molecule has 0 atom stereocenters. The van der Waals surface area contributed by atoms with Crippen LogP contribution < -0.4 is 15.4 Å². The van der Waals surface area contributed by atoms with Crippen LogP contribution in [0.15, 0.2) is 85.2 Å². The fourth-order valence-electron chi connectivity index (χ4n) is 3.04. The first kappa shape index (κ1) is 20.1. The van der Waals surface area contributed by atoms with E-state index in [2.05, 4.69) is 39.7 Å². The molecule has 6 heteroatoms. The van der Waals surface area contributed by atoms with Gasteiger partial charge in [0.25, 0.3) is 5.91 Å². The zero-order chi connectivity index (χ0) is 21.6. The van der Waals surface area contributed by atoms with Crippen molar-refractivity contribution in [1.82, 2.24) is 9.97 Å². The highest BCUT2D eigenvalue weighted by Gasteiger charge is 2.07. The summed E-state index contributed by atoms with van der Waals surface area (Å²) in [6.07, 6.45) is 1.54. The van der Waals surface area contributed by atoms with E-state index in [-0.39, 0.29) is 5.91 Å². The van der Waals surface area contributed by atoms with Gasteiger partial charge in [0.15, 0.2) is 0 Å². The lowest BCUT2D eigenvalue weighted by atomic mass is 10.1. The van der Waals surface area contributed by atoms with Crippen LogP contribution in [0.5, 0.6) is 5.75 Å². The summed E-state index contributed by atoms with van der Waals surface area (Å²) in [7, 11) is 1.61. The number of aromatic nitrogens is 2. The number of methoxy groups -OCH3 is 1. The van der Waals surface area contributed by atoms with Crippen molar-refractivity contribution in [2.45, 2.75) is 6.92 Å². The van der Waals surface area contributed by atoms with Gasteiger partial charge in [-0.05, 0) is 55.5 Å². The predicted molar refractivity (Wildman–Crippen MR) is 123 cm³/mol. The van der Waals surface area contributed by atoms with E-state index in [1.54, 1.807) is 43.5 Å². The van der Waals surface area contributed by atoms with Gasteiger partial charge < -0.3 is 15.4 Å². The van der Waals surface area contributed by atoms with E-state index in [9.17, 15) is 4.79 Å². The fraction of sp³-hybridized carbons (Fsp3) is 0.0800. The third kappa shape index (κ3) is 5.05. The molecule has 3 aromatic carbocycles. The number of carbonyl (C=O) groups excluding carboxylic acids is 1. The van der Waals surface area contributed by atoms with Gasteiger partial charge in [0.05, 0.1) is 12.8 Å². The van der Waals surface area contributed by atoms with Crippen molar-refractivity contribution in [3.05, 3.63) is 96.3 Å².